The Morgan fingerprint density at radius 3 is 2.61 bits per heavy atom. The number of nitrogens with zero attached hydrogens (tertiary/aromatic N) is 1. The topological polar surface area (TPSA) is 41.6 Å². The number of amides is 1. The third kappa shape index (κ3) is 3.96. The lowest BCUT2D eigenvalue weighted by Gasteiger charge is -2.38. The van der Waals surface area contributed by atoms with E-state index in [0.717, 1.165) is 11.4 Å². The summed E-state index contributed by atoms with van der Waals surface area (Å²) in [5, 5.41) is 0.994. The maximum atomic E-state index is 13.7. The molecule has 1 aromatic carbocycles. The highest BCUT2D eigenvalue weighted by Crippen LogP contribution is 2.43. The lowest BCUT2D eigenvalue weighted by molar-refractivity contribution is -0.203. The van der Waals surface area contributed by atoms with Crippen LogP contribution in [-0.4, -0.2) is 29.2 Å². The van der Waals surface area contributed by atoms with Gasteiger partial charge in [-0.25, -0.2) is 0 Å². The lowest BCUT2D eigenvalue weighted by Crippen LogP contribution is -2.51. The van der Waals surface area contributed by atoms with Gasteiger partial charge in [0.1, 0.15) is 5.75 Å². The second kappa shape index (κ2) is 6.39. The van der Waals surface area contributed by atoms with E-state index in [1.807, 2.05) is 6.92 Å². The van der Waals surface area contributed by atoms with Crippen molar-refractivity contribution in [1.82, 2.24) is 10.4 Å². The number of carbonyl (C=O) groups excluding carboxylic acids is 1. The van der Waals surface area contributed by atoms with Gasteiger partial charge in [-0.1, -0.05) is 19.1 Å². The minimum absolute atomic E-state index is 0.0194. The number of ether oxygens (including phenoxy) is 1. The van der Waals surface area contributed by atoms with Crippen molar-refractivity contribution in [1.29, 1.82) is 0 Å². The number of carbonyl (C=O) groups is 1. The van der Waals surface area contributed by atoms with Crippen molar-refractivity contribution in [2.75, 3.05) is 6.61 Å². The predicted octanol–water partition coefficient (Wildman–Crippen LogP) is 3.59. The van der Waals surface area contributed by atoms with Gasteiger partial charge in [-0.2, -0.15) is 18.2 Å². The number of hydrogen-bond donors (Lipinski definition) is 1. The van der Waals surface area contributed by atoms with E-state index in [0.29, 0.717) is 12.4 Å². The summed E-state index contributed by atoms with van der Waals surface area (Å²) in [5.74, 6) is -0.0235. The summed E-state index contributed by atoms with van der Waals surface area (Å²) in [6.45, 7) is 5.58. The summed E-state index contributed by atoms with van der Waals surface area (Å²) in [6, 6.07) is 4.02. The molecule has 0 bridgehead atoms. The normalized spacial score (nSPS) is 19.5. The Morgan fingerprint density at radius 1 is 1.39 bits per heavy atom. The van der Waals surface area contributed by atoms with E-state index in [2.05, 4.69) is 5.43 Å². The molecule has 0 spiro atoms. The summed E-state index contributed by atoms with van der Waals surface area (Å²) in [6.07, 6.45) is -3.74. The number of alkyl halides is 3. The molecule has 1 aromatic rings. The van der Waals surface area contributed by atoms with E-state index in [1.165, 1.54) is 18.2 Å². The highest BCUT2D eigenvalue weighted by Gasteiger charge is 2.53. The van der Waals surface area contributed by atoms with Crippen LogP contribution < -0.4 is 10.2 Å². The first-order chi connectivity index (χ1) is 10.6. The molecular formula is C16H21F3N2O2. The fourth-order valence-electron chi connectivity index (χ4n) is 2.70. The van der Waals surface area contributed by atoms with Crippen LogP contribution in [0.4, 0.5) is 13.2 Å². The maximum Gasteiger partial charge on any atom is 0.409 e. The van der Waals surface area contributed by atoms with Gasteiger partial charge in [0.15, 0.2) is 6.04 Å². The Bertz CT molecular complexity index is 573. The van der Waals surface area contributed by atoms with Crippen molar-refractivity contribution in [3.63, 3.8) is 0 Å². The van der Waals surface area contributed by atoms with Crippen LogP contribution in [0.15, 0.2) is 24.3 Å². The van der Waals surface area contributed by atoms with E-state index < -0.39 is 23.7 Å². The molecule has 23 heavy (non-hydrogen) atoms. The number of halogens is 3. The predicted molar refractivity (Wildman–Crippen MR) is 79.7 cm³/mol. The number of hydrogen-bond acceptors (Lipinski definition) is 3. The summed E-state index contributed by atoms with van der Waals surface area (Å²) in [7, 11) is 0. The smallest absolute Gasteiger partial charge is 0.409 e. The second-order valence-electron chi connectivity index (χ2n) is 6.26. The van der Waals surface area contributed by atoms with Crippen LogP contribution in [0.2, 0.25) is 0 Å². The Labute approximate surface area is 133 Å². The van der Waals surface area contributed by atoms with E-state index in [1.54, 1.807) is 19.9 Å². The first kappa shape index (κ1) is 17.6. The molecule has 1 saturated heterocycles. The standard InChI is InChI=1S/C16H21F3N2O2/c1-4-8-23-12-7-5-6-11(9-12)14(16(17,18)19)21-15(2,3)10-13(22)20-21/h5-7,9,14H,4,8,10H2,1-3H3,(H,20,22). The number of nitrogens with one attached hydrogen (secondary N) is 1. The van der Waals surface area contributed by atoms with Crippen molar-refractivity contribution in [3.8, 4) is 5.75 Å². The van der Waals surface area contributed by atoms with Gasteiger partial charge >= 0.3 is 6.18 Å². The van der Waals surface area contributed by atoms with Crippen molar-refractivity contribution in [2.24, 2.45) is 0 Å². The van der Waals surface area contributed by atoms with Gasteiger partial charge < -0.3 is 4.74 Å². The quantitative estimate of drug-likeness (QED) is 0.897. The van der Waals surface area contributed by atoms with Gasteiger partial charge in [-0.05, 0) is 38.0 Å². The van der Waals surface area contributed by atoms with Crippen LogP contribution >= 0.6 is 0 Å². The minimum atomic E-state index is -4.53. The Morgan fingerprint density at radius 2 is 2.09 bits per heavy atom. The van der Waals surface area contributed by atoms with Crippen molar-refractivity contribution in [2.45, 2.75) is 51.4 Å². The van der Waals surface area contributed by atoms with Crippen molar-refractivity contribution >= 4 is 5.91 Å². The first-order valence-electron chi connectivity index (χ1n) is 7.53. The monoisotopic (exact) mass is 330 g/mol. The molecule has 1 heterocycles. The van der Waals surface area contributed by atoms with E-state index in [4.69, 9.17) is 4.74 Å². The molecule has 4 nitrogen and oxygen atoms in total. The fourth-order valence-corrected chi connectivity index (χ4v) is 2.70. The van der Waals surface area contributed by atoms with E-state index in [9.17, 15) is 18.0 Å². The van der Waals surface area contributed by atoms with Gasteiger partial charge in [0.25, 0.3) is 0 Å². The Hall–Kier alpha value is -1.76. The largest absolute Gasteiger partial charge is 0.494 e. The maximum absolute atomic E-state index is 13.7. The summed E-state index contributed by atoms with van der Waals surface area (Å²) >= 11 is 0. The van der Waals surface area contributed by atoms with E-state index in [-0.39, 0.29) is 12.0 Å². The molecule has 2 rings (SSSR count). The van der Waals surface area contributed by atoms with Crippen LogP contribution in [-0.2, 0) is 4.79 Å². The Kier molecular flexibility index (Phi) is 4.89. The number of rotatable bonds is 5. The molecule has 1 fully saturated rings. The van der Waals surface area contributed by atoms with Gasteiger partial charge in [0, 0.05) is 12.0 Å². The minimum Gasteiger partial charge on any atom is -0.494 e. The molecule has 1 aliphatic rings. The van der Waals surface area contributed by atoms with Crippen LogP contribution in [0.25, 0.3) is 0 Å². The summed E-state index contributed by atoms with van der Waals surface area (Å²) < 4.78 is 46.5. The average molecular weight is 330 g/mol. The highest BCUT2D eigenvalue weighted by molar-refractivity contribution is 5.79. The van der Waals surface area contributed by atoms with Crippen LogP contribution in [0.3, 0.4) is 0 Å². The molecule has 128 valence electrons. The molecule has 7 heteroatoms. The first-order valence-corrected chi connectivity index (χ1v) is 7.53. The van der Waals surface area contributed by atoms with Gasteiger partial charge in [-0.3, -0.25) is 10.2 Å². The molecular weight excluding hydrogens is 309 g/mol. The second-order valence-corrected chi connectivity index (χ2v) is 6.26. The zero-order valence-corrected chi connectivity index (χ0v) is 13.4. The molecule has 0 saturated carbocycles. The molecule has 0 radical (unpaired) electrons. The fraction of sp³-hybridized carbons (Fsp3) is 0.562. The van der Waals surface area contributed by atoms with Crippen LogP contribution in [0.5, 0.6) is 5.75 Å². The molecule has 1 N–H and O–H groups in total. The Balaban J connectivity index is 2.38. The zero-order valence-electron chi connectivity index (χ0n) is 13.4. The average Bonchev–Trinajstić information content (AvgIpc) is 2.68. The van der Waals surface area contributed by atoms with Gasteiger partial charge in [-0.15, -0.1) is 0 Å². The third-order valence-corrected chi connectivity index (χ3v) is 3.71. The van der Waals surface area contributed by atoms with Gasteiger partial charge in [0.05, 0.1) is 6.61 Å². The molecule has 0 aliphatic carbocycles. The molecule has 1 amide bonds. The zero-order chi connectivity index (χ0) is 17.3. The van der Waals surface area contributed by atoms with Crippen LogP contribution in [0.1, 0.15) is 45.2 Å². The van der Waals surface area contributed by atoms with Crippen molar-refractivity contribution in [3.05, 3.63) is 29.8 Å². The molecule has 1 aliphatic heterocycles. The molecule has 1 unspecified atom stereocenters. The molecule has 0 aromatic heterocycles. The van der Waals surface area contributed by atoms with Crippen molar-refractivity contribution < 1.29 is 22.7 Å². The summed E-state index contributed by atoms with van der Waals surface area (Å²) in [4.78, 5) is 11.6. The van der Waals surface area contributed by atoms with E-state index >= 15 is 0 Å². The number of hydrazine groups is 1. The highest BCUT2D eigenvalue weighted by atomic mass is 19.4. The lowest BCUT2D eigenvalue weighted by atomic mass is 9.97. The van der Waals surface area contributed by atoms with Gasteiger partial charge in [0.2, 0.25) is 5.91 Å². The molecule has 1 atom stereocenters. The summed E-state index contributed by atoms with van der Waals surface area (Å²) in [5.41, 5.74) is 1.46. The third-order valence-electron chi connectivity index (χ3n) is 3.71. The number of benzene rings is 1. The SMILES string of the molecule is CCCOc1cccc(C(N2NC(=O)CC2(C)C)C(F)(F)F)c1. The van der Waals surface area contributed by atoms with Crippen LogP contribution in [0, 0.1) is 0 Å².